The highest BCUT2D eigenvalue weighted by Gasteiger charge is 2.32. The third-order valence-corrected chi connectivity index (χ3v) is 5.07. The molecule has 0 fully saturated rings. The second-order valence-electron chi connectivity index (χ2n) is 6.70. The molecular formula is C22H23NO. The molecule has 3 aromatic rings. The van der Waals surface area contributed by atoms with E-state index in [0.29, 0.717) is 11.7 Å². The van der Waals surface area contributed by atoms with Crippen LogP contribution in [0.1, 0.15) is 31.9 Å². The zero-order valence-corrected chi connectivity index (χ0v) is 14.4. The van der Waals surface area contributed by atoms with Gasteiger partial charge in [0.2, 0.25) is 0 Å². The molecule has 1 N–H and O–H groups in total. The van der Waals surface area contributed by atoms with Gasteiger partial charge in [0.1, 0.15) is 5.75 Å². The lowest BCUT2D eigenvalue weighted by molar-refractivity contribution is 0.404. The van der Waals surface area contributed by atoms with E-state index in [2.05, 4.69) is 50.0 Å². The Morgan fingerprint density at radius 2 is 1.42 bits per heavy atom. The van der Waals surface area contributed by atoms with Gasteiger partial charge < -0.3 is 5.11 Å². The van der Waals surface area contributed by atoms with E-state index >= 15 is 0 Å². The van der Waals surface area contributed by atoms with Crippen molar-refractivity contribution in [1.29, 1.82) is 0 Å². The first kappa shape index (κ1) is 16.3. The smallest absolute Gasteiger partial charge is 0.115 e. The SMILES string of the molecule is CC(C)C(C)(c1ccc(O)cc1)c1ccc(-c2ccccn2)cc1. The highest BCUT2D eigenvalue weighted by Crippen LogP contribution is 2.39. The number of benzene rings is 2. The van der Waals surface area contributed by atoms with Crippen molar-refractivity contribution in [3.05, 3.63) is 84.1 Å². The topological polar surface area (TPSA) is 33.1 Å². The number of phenolic OH excluding ortho intramolecular Hbond substituents is 1. The van der Waals surface area contributed by atoms with Gasteiger partial charge in [-0.25, -0.2) is 0 Å². The van der Waals surface area contributed by atoms with Crippen molar-refractivity contribution in [2.24, 2.45) is 5.92 Å². The van der Waals surface area contributed by atoms with Crippen LogP contribution in [0.5, 0.6) is 5.75 Å². The fourth-order valence-corrected chi connectivity index (χ4v) is 3.16. The number of hydrogen-bond acceptors (Lipinski definition) is 2. The number of aromatic hydroxyl groups is 1. The predicted octanol–water partition coefficient (Wildman–Crippen LogP) is 5.42. The van der Waals surface area contributed by atoms with Gasteiger partial charge in [-0.3, -0.25) is 4.98 Å². The number of hydrogen-bond donors (Lipinski definition) is 1. The molecule has 1 aromatic heterocycles. The van der Waals surface area contributed by atoms with Crippen LogP contribution in [0.2, 0.25) is 0 Å². The van der Waals surface area contributed by atoms with Crippen LogP contribution >= 0.6 is 0 Å². The van der Waals surface area contributed by atoms with Crippen molar-refractivity contribution in [2.75, 3.05) is 0 Å². The molecule has 0 bridgehead atoms. The average Bonchev–Trinajstić information content (AvgIpc) is 2.62. The molecule has 0 aliphatic rings. The lowest BCUT2D eigenvalue weighted by Crippen LogP contribution is -2.30. The van der Waals surface area contributed by atoms with Gasteiger partial charge in [-0.05, 0) is 41.3 Å². The van der Waals surface area contributed by atoms with Crippen LogP contribution < -0.4 is 0 Å². The van der Waals surface area contributed by atoms with E-state index < -0.39 is 0 Å². The van der Waals surface area contributed by atoms with Gasteiger partial charge in [-0.2, -0.15) is 0 Å². The first-order chi connectivity index (χ1) is 11.5. The molecule has 122 valence electrons. The summed E-state index contributed by atoms with van der Waals surface area (Å²) in [6, 6.07) is 22.2. The Hall–Kier alpha value is -2.61. The van der Waals surface area contributed by atoms with E-state index in [-0.39, 0.29) is 5.41 Å². The van der Waals surface area contributed by atoms with Crippen molar-refractivity contribution in [2.45, 2.75) is 26.2 Å². The second kappa shape index (κ2) is 6.48. The van der Waals surface area contributed by atoms with E-state index in [4.69, 9.17) is 0 Å². The summed E-state index contributed by atoms with van der Waals surface area (Å²) in [6.07, 6.45) is 1.82. The number of pyridine rings is 1. The summed E-state index contributed by atoms with van der Waals surface area (Å²) in [6.45, 7) is 6.73. The summed E-state index contributed by atoms with van der Waals surface area (Å²) >= 11 is 0. The van der Waals surface area contributed by atoms with Gasteiger partial charge in [0.25, 0.3) is 0 Å². The van der Waals surface area contributed by atoms with E-state index in [9.17, 15) is 5.11 Å². The Morgan fingerprint density at radius 3 is 1.92 bits per heavy atom. The third-order valence-electron chi connectivity index (χ3n) is 5.07. The zero-order valence-electron chi connectivity index (χ0n) is 14.4. The first-order valence-corrected chi connectivity index (χ1v) is 8.33. The molecular weight excluding hydrogens is 294 g/mol. The monoisotopic (exact) mass is 317 g/mol. The summed E-state index contributed by atoms with van der Waals surface area (Å²) in [5.74, 6) is 0.720. The molecule has 0 aliphatic heterocycles. The molecule has 1 heterocycles. The number of phenols is 1. The van der Waals surface area contributed by atoms with Gasteiger partial charge >= 0.3 is 0 Å². The van der Waals surface area contributed by atoms with Crippen LogP contribution in [0.3, 0.4) is 0 Å². The maximum absolute atomic E-state index is 9.59. The Kier molecular flexibility index (Phi) is 4.39. The fraction of sp³-hybridized carbons (Fsp3) is 0.227. The van der Waals surface area contributed by atoms with E-state index in [1.54, 1.807) is 12.1 Å². The van der Waals surface area contributed by atoms with Crippen LogP contribution in [0.4, 0.5) is 0 Å². The van der Waals surface area contributed by atoms with E-state index in [0.717, 1.165) is 11.3 Å². The van der Waals surface area contributed by atoms with Gasteiger partial charge in [0.05, 0.1) is 5.69 Å². The lowest BCUT2D eigenvalue weighted by Gasteiger charge is -2.35. The van der Waals surface area contributed by atoms with E-state index in [1.165, 1.54) is 11.1 Å². The number of nitrogens with zero attached hydrogens (tertiary/aromatic N) is 1. The minimum absolute atomic E-state index is 0.115. The molecule has 0 radical (unpaired) electrons. The molecule has 0 amide bonds. The molecule has 1 atom stereocenters. The van der Waals surface area contributed by atoms with Crippen LogP contribution in [0.25, 0.3) is 11.3 Å². The minimum atomic E-state index is -0.115. The van der Waals surface area contributed by atoms with Gasteiger partial charge in [0.15, 0.2) is 0 Å². The molecule has 0 spiro atoms. The standard InChI is InChI=1S/C22H23NO/c1-16(2)22(3,19-11-13-20(24)14-12-19)18-9-7-17(8-10-18)21-6-4-5-15-23-21/h4-16,24H,1-3H3. The average molecular weight is 317 g/mol. The van der Waals surface area contributed by atoms with Crippen LogP contribution in [-0.4, -0.2) is 10.1 Å². The van der Waals surface area contributed by atoms with Crippen LogP contribution in [-0.2, 0) is 5.41 Å². The summed E-state index contributed by atoms with van der Waals surface area (Å²) in [5.41, 5.74) is 4.47. The second-order valence-corrected chi connectivity index (χ2v) is 6.70. The molecule has 0 saturated carbocycles. The molecule has 0 saturated heterocycles. The molecule has 2 nitrogen and oxygen atoms in total. The predicted molar refractivity (Wildman–Crippen MR) is 99.1 cm³/mol. The van der Waals surface area contributed by atoms with Crippen LogP contribution in [0, 0.1) is 5.92 Å². The molecule has 0 aliphatic carbocycles. The number of rotatable bonds is 4. The summed E-state index contributed by atoms with van der Waals surface area (Å²) in [7, 11) is 0. The molecule has 1 unspecified atom stereocenters. The van der Waals surface area contributed by atoms with Gasteiger partial charge in [0, 0.05) is 17.2 Å². The third kappa shape index (κ3) is 2.92. The zero-order chi connectivity index (χ0) is 17.2. The maximum Gasteiger partial charge on any atom is 0.115 e. The van der Waals surface area contributed by atoms with Crippen molar-refractivity contribution in [3.8, 4) is 17.0 Å². The normalized spacial score (nSPS) is 13.7. The van der Waals surface area contributed by atoms with Crippen molar-refractivity contribution >= 4 is 0 Å². The number of aromatic nitrogens is 1. The highest BCUT2D eigenvalue weighted by atomic mass is 16.3. The molecule has 3 rings (SSSR count). The summed E-state index contributed by atoms with van der Waals surface area (Å²) in [5, 5.41) is 9.59. The van der Waals surface area contributed by atoms with Crippen molar-refractivity contribution in [3.63, 3.8) is 0 Å². The van der Waals surface area contributed by atoms with Gasteiger partial charge in [-0.15, -0.1) is 0 Å². The molecule has 2 heteroatoms. The quantitative estimate of drug-likeness (QED) is 0.697. The Morgan fingerprint density at radius 1 is 0.833 bits per heavy atom. The van der Waals surface area contributed by atoms with Gasteiger partial charge in [-0.1, -0.05) is 63.2 Å². The Bertz CT molecular complexity index is 792. The molecule has 24 heavy (non-hydrogen) atoms. The fourth-order valence-electron chi connectivity index (χ4n) is 3.16. The highest BCUT2D eigenvalue weighted by molar-refractivity contribution is 5.60. The van der Waals surface area contributed by atoms with E-state index in [1.807, 2.05) is 36.5 Å². The summed E-state index contributed by atoms with van der Waals surface area (Å²) < 4.78 is 0. The Balaban J connectivity index is 2.02. The minimum Gasteiger partial charge on any atom is -0.508 e. The van der Waals surface area contributed by atoms with Crippen molar-refractivity contribution in [1.82, 2.24) is 4.98 Å². The maximum atomic E-state index is 9.59. The van der Waals surface area contributed by atoms with Crippen LogP contribution in [0.15, 0.2) is 72.9 Å². The summed E-state index contributed by atoms with van der Waals surface area (Å²) in [4.78, 5) is 4.42. The Labute approximate surface area is 143 Å². The first-order valence-electron chi connectivity index (χ1n) is 8.33. The molecule has 2 aromatic carbocycles. The van der Waals surface area contributed by atoms with Crippen molar-refractivity contribution < 1.29 is 5.11 Å². The lowest BCUT2D eigenvalue weighted by atomic mass is 9.68. The largest absolute Gasteiger partial charge is 0.508 e.